The first kappa shape index (κ1) is 24.8. The van der Waals surface area contributed by atoms with Crippen LogP contribution in [0.4, 0.5) is 5.69 Å². The Labute approximate surface area is 210 Å². The molecule has 8 heteroatoms. The van der Waals surface area contributed by atoms with Crippen molar-refractivity contribution in [2.24, 2.45) is 0 Å². The molecule has 0 saturated carbocycles. The molecule has 0 N–H and O–H groups in total. The number of rotatable bonds is 10. The standard InChI is InChI=1S/C28H28N2O6/c1-34-24-14-13-20(17-25(24)35-2)15-16-29(27(32)19-36-22-11-7-4-8-12-22)23-18-26(31)30(28(23)33)21-9-5-3-6-10-21/h3-14,17,23H,15-16,18-19H2,1-2H3. The molecule has 0 bridgehead atoms. The first-order valence-electron chi connectivity index (χ1n) is 11.6. The van der Waals surface area contributed by atoms with Gasteiger partial charge in [0.2, 0.25) is 5.91 Å². The normalized spacial score (nSPS) is 15.1. The van der Waals surface area contributed by atoms with Gasteiger partial charge in [0, 0.05) is 6.54 Å². The first-order valence-corrected chi connectivity index (χ1v) is 11.6. The van der Waals surface area contributed by atoms with Crippen LogP contribution in [-0.4, -0.2) is 56.0 Å². The summed E-state index contributed by atoms with van der Waals surface area (Å²) >= 11 is 0. The summed E-state index contributed by atoms with van der Waals surface area (Å²) in [5.74, 6) is 0.574. The average Bonchev–Trinajstić information content (AvgIpc) is 3.21. The second-order valence-electron chi connectivity index (χ2n) is 8.25. The van der Waals surface area contributed by atoms with E-state index >= 15 is 0 Å². The van der Waals surface area contributed by atoms with E-state index in [-0.39, 0.29) is 31.4 Å². The third-order valence-electron chi connectivity index (χ3n) is 6.03. The zero-order valence-electron chi connectivity index (χ0n) is 20.3. The van der Waals surface area contributed by atoms with Crippen LogP contribution in [0.5, 0.6) is 17.2 Å². The Morgan fingerprint density at radius 2 is 1.58 bits per heavy atom. The molecule has 0 aliphatic carbocycles. The van der Waals surface area contributed by atoms with Crippen molar-refractivity contribution in [1.82, 2.24) is 4.90 Å². The topological polar surface area (TPSA) is 85.4 Å². The van der Waals surface area contributed by atoms with Gasteiger partial charge in [0.05, 0.1) is 26.3 Å². The molecular weight excluding hydrogens is 460 g/mol. The fourth-order valence-corrected chi connectivity index (χ4v) is 4.19. The van der Waals surface area contributed by atoms with Gasteiger partial charge in [-0.3, -0.25) is 14.4 Å². The zero-order chi connectivity index (χ0) is 25.5. The van der Waals surface area contributed by atoms with Gasteiger partial charge in [-0.25, -0.2) is 4.90 Å². The number of hydrogen-bond donors (Lipinski definition) is 0. The van der Waals surface area contributed by atoms with Crippen LogP contribution >= 0.6 is 0 Å². The molecule has 3 amide bonds. The van der Waals surface area contributed by atoms with Gasteiger partial charge in [-0.15, -0.1) is 0 Å². The van der Waals surface area contributed by atoms with Crippen molar-refractivity contribution in [3.8, 4) is 17.2 Å². The van der Waals surface area contributed by atoms with Crippen molar-refractivity contribution >= 4 is 23.4 Å². The molecule has 0 spiro atoms. The number of ether oxygens (including phenoxy) is 3. The minimum Gasteiger partial charge on any atom is -0.493 e. The van der Waals surface area contributed by atoms with E-state index in [2.05, 4.69) is 0 Å². The van der Waals surface area contributed by atoms with Crippen molar-refractivity contribution in [2.75, 3.05) is 32.3 Å². The predicted molar refractivity (Wildman–Crippen MR) is 134 cm³/mol. The molecule has 3 aromatic rings. The Morgan fingerprint density at radius 3 is 2.25 bits per heavy atom. The predicted octanol–water partition coefficient (Wildman–Crippen LogP) is 3.49. The largest absolute Gasteiger partial charge is 0.493 e. The van der Waals surface area contributed by atoms with Crippen LogP contribution < -0.4 is 19.1 Å². The molecule has 1 heterocycles. The van der Waals surface area contributed by atoms with E-state index in [1.165, 1.54) is 4.90 Å². The summed E-state index contributed by atoms with van der Waals surface area (Å²) in [5.41, 5.74) is 1.38. The summed E-state index contributed by atoms with van der Waals surface area (Å²) in [4.78, 5) is 42.1. The first-order chi connectivity index (χ1) is 17.5. The molecule has 1 aliphatic rings. The van der Waals surface area contributed by atoms with Gasteiger partial charge in [-0.2, -0.15) is 0 Å². The minimum atomic E-state index is -0.912. The number of carbonyl (C=O) groups is 3. The summed E-state index contributed by atoms with van der Waals surface area (Å²) in [6.07, 6.45) is 0.359. The van der Waals surface area contributed by atoms with Crippen molar-refractivity contribution in [3.63, 3.8) is 0 Å². The summed E-state index contributed by atoms with van der Waals surface area (Å²) in [7, 11) is 3.12. The van der Waals surface area contributed by atoms with Gasteiger partial charge >= 0.3 is 0 Å². The lowest BCUT2D eigenvalue weighted by molar-refractivity contribution is -0.140. The molecule has 3 aromatic carbocycles. The summed E-state index contributed by atoms with van der Waals surface area (Å²) < 4.78 is 16.3. The number of carbonyl (C=O) groups excluding carboxylic acids is 3. The van der Waals surface area contributed by atoms with Crippen LogP contribution in [-0.2, 0) is 20.8 Å². The van der Waals surface area contributed by atoms with Gasteiger partial charge in [-0.05, 0) is 48.4 Å². The van der Waals surface area contributed by atoms with E-state index in [1.54, 1.807) is 56.7 Å². The molecule has 4 rings (SSSR count). The van der Waals surface area contributed by atoms with Crippen molar-refractivity contribution < 1.29 is 28.6 Å². The van der Waals surface area contributed by atoms with Gasteiger partial charge in [0.25, 0.3) is 11.8 Å². The molecule has 1 fully saturated rings. The lowest BCUT2D eigenvalue weighted by Gasteiger charge is -2.28. The zero-order valence-corrected chi connectivity index (χ0v) is 20.3. The highest BCUT2D eigenvalue weighted by Gasteiger charge is 2.44. The van der Waals surface area contributed by atoms with Crippen LogP contribution in [0.2, 0.25) is 0 Å². The number of nitrogens with zero attached hydrogens (tertiary/aromatic N) is 2. The van der Waals surface area contributed by atoms with Gasteiger partial charge < -0.3 is 19.1 Å². The fourth-order valence-electron chi connectivity index (χ4n) is 4.19. The van der Waals surface area contributed by atoms with E-state index < -0.39 is 11.9 Å². The average molecular weight is 489 g/mol. The molecule has 1 atom stereocenters. The van der Waals surface area contributed by atoms with Gasteiger partial charge in [-0.1, -0.05) is 42.5 Å². The third kappa shape index (κ3) is 5.49. The van der Waals surface area contributed by atoms with Crippen LogP contribution in [0.25, 0.3) is 0 Å². The second-order valence-corrected chi connectivity index (χ2v) is 8.25. The third-order valence-corrected chi connectivity index (χ3v) is 6.03. The highest BCUT2D eigenvalue weighted by atomic mass is 16.5. The summed E-state index contributed by atoms with van der Waals surface area (Å²) in [5, 5.41) is 0. The van der Waals surface area contributed by atoms with Crippen LogP contribution in [0.3, 0.4) is 0 Å². The van der Waals surface area contributed by atoms with Crippen LogP contribution in [0.1, 0.15) is 12.0 Å². The smallest absolute Gasteiger partial charge is 0.261 e. The van der Waals surface area contributed by atoms with E-state index in [4.69, 9.17) is 14.2 Å². The van der Waals surface area contributed by atoms with E-state index in [0.29, 0.717) is 29.4 Å². The number of anilines is 1. The SMILES string of the molecule is COc1ccc(CCN(C(=O)COc2ccccc2)C2CC(=O)N(c3ccccc3)C2=O)cc1OC. The molecule has 186 valence electrons. The molecule has 0 aromatic heterocycles. The minimum absolute atomic E-state index is 0.0866. The Balaban J connectivity index is 1.55. The summed E-state index contributed by atoms with van der Waals surface area (Å²) in [6.45, 7) is -0.0297. The molecule has 1 saturated heterocycles. The van der Waals surface area contributed by atoms with Crippen LogP contribution in [0, 0.1) is 0 Å². The monoisotopic (exact) mass is 488 g/mol. The number of hydrogen-bond acceptors (Lipinski definition) is 6. The molecule has 1 unspecified atom stereocenters. The molecule has 8 nitrogen and oxygen atoms in total. The van der Waals surface area contributed by atoms with Crippen molar-refractivity contribution in [2.45, 2.75) is 18.9 Å². The van der Waals surface area contributed by atoms with Crippen molar-refractivity contribution in [1.29, 1.82) is 0 Å². The Kier molecular flexibility index (Phi) is 7.85. The highest BCUT2D eigenvalue weighted by Crippen LogP contribution is 2.29. The maximum atomic E-state index is 13.4. The number of amides is 3. The van der Waals surface area contributed by atoms with Crippen molar-refractivity contribution in [3.05, 3.63) is 84.4 Å². The number of para-hydroxylation sites is 2. The maximum absolute atomic E-state index is 13.4. The number of benzene rings is 3. The molecule has 36 heavy (non-hydrogen) atoms. The number of imide groups is 1. The molecule has 0 radical (unpaired) electrons. The van der Waals surface area contributed by atoms with Gasteiger partial charge in [0.1, 0.15) is 11.8 Å². The Bertz CT molecular complexity index is 1220. The lowest BCUT2D eigenvalue weighted by Crippen LogP contribution is -2.48. The van der Waals surface area contributed by atoms with Crippen LogP contribution in [0.15, 0.2) is 78.9 Å². The van der Waals surface area contributed by atoms with E-state index in [9.17, 15) is 14.4 Å². The van der Waals surface area contributed by atoms with Gasteiger partial charge in [0.15, 0.2) is 18.1 Å². The number of methoxy groups -OCH3 is 2. The summed E-state index contributed by atoms with van der Waals surface area (Å²) in [6, 6.07) is 22.3. The molecular formula is C28H28N2O6. The van der Waals surface area contributed by atoms with E-state index in [0.717, 1.165) is 10.5 Å². The Hall–Kier alpha value is -4.33. The van der Waals surface area contributed by atoms with E-state index in [1.807, 2.05) is 36.4 Å². The maximum Gasteiger partial charge on any atom is 0.261 e. The quantitative estimate of drug-likeness (QED) is 0.406. The highest BCUT2D eigenvalue weighted by molar-refractivity contribution is 6.23. The Morgan fingerprint density at radius 1 is 0.917 bits per heavy atom. The second kappa shape index (κ2) is 11.4. The lowest BCUT2D eigenvalue weighted by atomic mass is 10.1. The fraction of sp³-hybridized carbons (Fsp3) is 0.250. The molecule has 1 aliphatic heterocycles.